The summed E-state index contributed by atoms with van der Waals surface area (Å²) in [7, 11) is 1.58. The van der Waals surface area contributed by atoms with Crippen molar-refractivity contribution in [3.8, 4) is 11.5 Å². The summed E-state index contributed by atoms with van der Waals surface area (Å²) in [5, 5.41) is 3.63. The highest BCUT2D eigenvalue weighted by Crippen LogP contribution is 2.34. The van der Waals surface area contributed by atoms with Crippen LogP contribution in [0.25, 0.3) is 6.08 Å². The molecule has 2 heterocycles. The zero-order valence-corrected chi connectivity index (χ0v) is 29.9. The number of allylic oxidation sites excluding steroid dienone is 1. The van der Waals surface area contributed by atoms with E-state index in [-0.39, 0.29) is 11.5 Å². The van der Waals surface area contributed by atoms with Gasteiger partial charge in [-0.2, -0.15) is 0 Å². The Morgan fingerprint density at radius 2 is 1.85 bits per heavy atom. The molecule has 0 saturated carbocycles. The number of methoxy groups -OCH3 is 1. The van der Waals surface area contributed by atoms with Crippen LogP contribution in [0.2, 0.25) is 5.02 Å². The number of thiazole rings is 1. The van der Waals surface area contributed by atoms with Crippen LogP contribution in [0.3, 0.4) is 0 Å². The number of nitrogens with one attached hydrogen (secondary N) is 1. The monoisotopic (exact) mass is 825 g/mol. The summed E-state index contributed by atoms with van der Waals surface area (Å²) in [5.74, 6) is 0.922. The molecule has 4 aromatic carbocycles. The van der Waals surface area contributed by atoms with Gasteiger partial charge in [0, 0.05) is 20.7 Å². The highest BCUT2D eigenvalue weighted by atomic mass is 127. The van der Waals surface area contributed by atoms with Gasteiger partial charge in [-0.05, 0) is 95.2 Å². The molecule has 1 atom stereocenters. The number of carbonyl (C=O) groups is 1. The number of benzene rings is 4. The Kier molecular flexibility index (Phi) is 9.78. The number of aromatic nitrogens is 1. The molecule has 1 amide bonds. The molecule has 1 N–H and O–H groups in total. The first kappa shape index (κ1) is 32.2. The van der Waals surface area contributed by atoms with Crippen molar-refractivity contribution in [3.05, 3.63) is 152 Å². The molecule has 11 heteroatoms. The Labute approximate surface area is 296 Å². The molecule has 7 nitrogen and oxygen atoms in total. The highest BCUT2D eigenvalue weighted by molar-refractivity contribution is 14.1. The summed E-state index contributed by atoms with van der Waals surface area (Å²) >= 11 is 13.2. The van der Waals surface area contributed by atoms with Gasteiger partial charge in [-0.1, -0.05) is 81.3 Å². The van der Waals surface area contributed by atoms with Crippen molar-refractivity contribution in [1.82, 2.24) is 4.57 Å². The van der Waals surface area contributed by atoms with Gasteiger partial charge in [-0.25, -0.2) is 4.99 Å². The van der Waals surface area contributed by atoms with E-state index in [1.54, 1.807) is 18.6 Å². The molecule has 0 saturated heterocycles. The Morgan fingerprint density at radius 1 is 1.09 bits per heavy atom. The topological polar surface area (TPSA) is 81.9 Å². The lowest BCUT2D eigenvalue weighted by atomic mass is 9.95. The molecule has 0 spiro atoms. The van der Waals surface area contributed by atoms with Crippen LogP contribution < -0.4 is 29.7 Å². The number of hydrogen-bond acceptors (Lipinski definition) is 6. The second-order valence-corrected chi connectivity index (χ2v) is 13.9. The van der Waals surface area contributed by atoms with Gasteiger partial charge in [-0.15, -0.1) is 0 Å². The van der Waals surface area contributed by atoms with Crippen molar-refractivity contribution in [1.29, 1.82) is 0 Å². The average Bonchev–Trinajstić information content (AvgIpc) is 3.34. The molecule has 0 bridgehead atoms. The number of anilines is 1. The van der Waals surface area contributed by atoms with Crippen LogP contribution in [0.4, 0.5) is 5.69 Å². The Bertz CT molecular complexity index is 2170. The molecule has 0 unspecified atom stereocenters. The minimum Gasteiger partial charge on any atom is -0.497 e. The number of carbonyl (C=O) groups excluding carboxylic acids is 1. The molecule has 1 aliphatic heterocycles. The van der Waals surface area contributed by atoms with Gasteiger partial charge in [0.25, 0.3) is 11.5 Å². The van der Waals surface area contributed by atoms with Crippen molar-refractivity contribution in [3.63, 3.8) is 0 Å². The Balaban J connectivity index is 1.47. The van der Waals surface area contributed by atoms with E-state index in [2.05, 4.69) is 43.8 Å². The van der Waals surface area contributed by atoms with Gasteiger partial charge in [-0.3, -0.25) is 14.2 Å². The van der Waals surface area contributed by atoms with Crippen molar-refractivity contribution in [2.45, 2.75) is 19.6 Å². The van der Waals surface area contributed by atoms with Crippen LogP contribution in [0.1, 0.15) is 29.7 Å². The summed E-state index contributed by atoms with van der Waals surface area (Å²) in [5.41, 5.74) is 3.69. The Hall–Kier alpha value is -3.71. The van der Waals surface area contributed by atoms with E-state index in [4.69, 9.17) is 26.1 Å². The fourth-order valence-electron chi connectivity index (χ4n) is 5.18. The van der Waals surface area contributed by atoms with Crippen molar-refractivity contribution in [2.24, 2.45) is 4.99 Å². The summed E-state index contributed by atoms with van der Waals surface area (Å²) < 4.78 is 15.6. The first-order valence-corrected chi connectivity index (χ1v) is 17.2. The Morgan fingerprint density at radius 3 is 2.59 bits per heavy atom. The van der Waals surface area contributed by atoms with E-state index in [0.717, 1.165) is 24.7 Å². The summed E-state index contributed by atoms with van der Waals surface area (Å²) in [6, 6.07) is 27.2. The molecule has 1 aliphatic rings. The molecule has 5 aromatic rings. The molecule has 232 valence electrons. The third-order valence-corrected chi connectivity index (χ3v) is 9.82. The fraction of sp³-hybridized carbons (Fsp3) is 0.114. The summed E-state index contributed by atoms with van der Waals surface area (Å²) in [6.45, 7) is 2.12. The lowest BCUT2D eigenvalue weighted by molar-refractivity contribution is -0.113. The van der Waals surface area contributed by atoms with Crippen LogP contribution >= 0.6 is 61.5 Å². The maximum Gasteiger partial charge on any atom is 0.271 e. The first-order chi connectivity index (χ1) is 22.2. The zero-order chi connectivity index (χ0) is 32.4. The molecule has 0 fully saturated rings. The van der Waals surface area contributed by atoms with E-state index < -0.39 is 6.04 Å². The van der Waals surface area contributed by atoms with Crippen molar-refractivity contribution >= 4 is 79.1 Å². The van der Waals surface area contributed by atoms with Gasteiger partial charge in [0.15, 0.2) is 4.80 Å². The second kappa shape index (κ2) is 14.0. The number of nitrogens with zero attached hydrogens (tertiary/aromatic N) is 2. The molecular formula is C35H26BrClIN3O4S. The molecular weight excluding hydrogens is 801 g/mol. The molecule has 0 radical (unpaired) electrons. The van der Waals surface area contributed by atoms with Gasteiger partial charge < -0.3 is 14.8 Å². The zero-order valence-electron chi connectivity index (χ0n) is 24.6. The average molecular weight is 827 g/mol. The van der Waals surface area contributed by atoms with E-state index in [9.17, 15) is 9.59 Å². The maximum atomic E-state index is 14.3. The number of halogens is 3. The number of hydrogen-bond donors (Lipinski definition) is 1. The van der Waals surface area contributed by atoms with Gasteiger partial charge in [0.05, 0.1) is 32.5 Å². The van der Waals surface area contributed by atoms with Crippen LogP contribution in [0.15, 0.2) is 117 Å². The highest BCUT2D eigenvalue weighted by Gasteiger charge is 2.33. The third kappa shape index (κ3) is 6.85. The smallest absolute Gasteiger partial charge is 0.271 e. The quantitative estimate of drug-likeness (QED) is 0.165. The number of fused-ring (bicyclic) bond motifs is 1. The third-order valence-electron chi connectivity index (χ3n) is 7.33. The SMILES string of the molecule is COc1cccc([C@@H]2C(C(=O)Nc3ccccc3)=C(C)N=c3s/c(=C\c4cc(Br)cc(I)c4OCc4ccc(Cl)cc4)c(=O)n32)c1. The normalized spacial score (nSPS) is 14.5. The predicted octanol–water partition coefficient (Wildman–Crippen LogP) is 7.48. The lowest BCUT2D eigenvalue weighted by Gasteiger charge is -2.25. The summed E-state index contributed by atoms with van der Waals surface area (Å²) in [4.78, 5) is 33.4. The first-order valence-electron chi connectivity index (χ1n) is 14.1. The van der Waals surface area contributed by atoms with E-state index >= 15 is 0 Å². The number of ether oxygens (including phenoxy) is 2. The second-order valence-electron chi connectivity index (χ2n) is 10.4. The van der Waals surface area contributed by atoms with Crippen LogP contribution in [0, 0.1) is 3.57 Å². The number of para-hydroxylation sites is 1. The van der Waals surface area contributed by atoms with Crippen molar-refractivity contribution < 1.29 is 14.3 Å². The number of rotatable bonds is 8. The number of amides is 1. The molecule has 46 heavy (non-hydrogen) atoms. The maximum absolute atomic E-state index is 14.3. The van der Waals surface area contributed by atoms with Crippen molar-refractivity contribution in [2.75, 3.05) is 12.4 Å². The lowest BCUT2D eigenvalue weighted by Crippen LogP contribution is -2.40. The van der Waals surface area contributed by atoms with Gasteiger partial charge in [0.1, 0.15) is 18.1 Å². The van der Waals surface area contributed by atoms with Gasteiger partial charge in [0.2, 0.25) is 0 Å². The van der Waals surface area contributed by atoms with E-state index in [1.807, 2.05) is 97.1 Å². The minimum atomic E-state index is -0.736. The largest absolute Gasteiger partial charge is 0.497 e. The summed E-state index contributed by atoms with van der Waals surface area (Å²) in [6.07, 6.45) is 1.82. The van der Waals surface area contributed by atoms with Gasteiger partial charge >= 0.3 is 0 Å². The predicted molar refractivity (Wildman–Crippen MR) is 194 cm³/mol. The molecule has 1 aromatic heterocycles. The van der Waals surface area contributed by atoms with Crippen LogP contribution in [-0.4, -0.2) is 17.6 Å². The fourth-order valence-corrected chi connectivity index (χ4v) is 8.05. The van der Waals surface area contributed by atoms with Crippen LogP contribution in [0.5, 0.6) is 11.5 Å². The van der Waals surface area contributed by atoms with E-state index in [0.29, 0.717) is 49.4 Å². The van der Waals surface area contributed by atoms with E-state index in [1.165, 1.54) is 11.3 Å². The minimum absolute atomic E-state index is 0.271. The molecule has 0 aliphatic carbocycles. The molecule has 6 rings (SSSR count). The standard InChI is InChI=1S/C35H26BrClIN3O4S/c1-20-30(33(42)40-26-8-4-3-5-9-26)31(22-7-6-10-27(16-22)44-2)41-34(43)29(46-35(41)39-20)17-23-15-24(36)18-28(38)32(23)45-19-21-11-13-25(37)14-12-21/h3-18,31H,19H2,1-2H3,(H,40,42)/b29-17-/t31-/m1/s1. The van der Waals surface area contributed by atoms with Crippen LogP contribution in [-0.2, 0) is 11.4 Å².